The highest BCUT2D eigenvalue weighted by Crippen LogP contribution is 2.17. The molecule has 0 aromatic heterocycles. The predicted molar refractivity (Wildman–Crippen MR) is 78.0 cm³/mol. The Morgan fingerprint density at radius 2 is 1.84 bits per heavy atom. The fraction of sp³-hybridized carbons (Fsp3) is 0.933. The maximum atomic E-state index is 11.5. The van der Waals surface area contributed by atoms with Crippen LogP contribution in [0.25, 0.3) is 0 Å². The molecule has 0 saturated carbocycles. The fourth-order valence-corrected chi connectivity index (χ4v) is 2.03. The monoisotopic (exact) mass is 273 g/mol. The molecule has 114 valence electrons. The molecule has 0 heterocycles. The van der Waals surface area contributed by atoms with Gasteiger partial charge in [-0.15, -0.1) is 0 Å². The molecule has 0 bridgehead atoms. The third-order valence-electron chi connectivity index (χ3n) is 3.16. The molecule has 0 aliphatic carbocycles. The summed E-state index contributed by atoms with van der Waals surface area (Å²) in [6.07, 6.45) is 6.86. The van der Waals surface area contributed by atoms with Gasteiger partial charge in [-0.2, -0.15) is 0 Å². The number of hydrogen-bond acceptors (Lipinski definition) is 4. The summed E-state index contributed by atoms with van der Waals surface area (Å²) in [5.41, 5.74) is 5.57. The van der Waals surface area contributed by atoms with Crippen molar-refractivity contribution in [1.29, 1.82) is 0 Å². The molecular weight excluding hydrogens is 242 g/mol. The first-order chi connectivity index (χ1) is 9.24. The van der Waals surface area contributed by atoms with E-state index in [0.717, 1.165) is 45.1 Å². The Balaban J connectivity index is 3.50. The molecule has 4 heteroatoms. The zero-order valence-electron chi connectivity index (χ0n) is 12.7. The Morgan fingerprint density at radius 1 is 1.05 bits per heavy atom. The van der Waals surface area contributed by atoms with Crippen LogP contribution in [0.3, 0.4) is 0 Å². The number of carbonyl (C=O) groups is 1. The van der Waals surface area contributed by atoms with Gasteiger partial charge in [-0.1, -0.05) is 33.1 Å². The molecule has 0 aliphatic heterocycles. The van der Waals surface area contributed by atoms with Crippen LogP contribution in [-0.2, 0) is 14.3 Å². The summed E-state index contributed by atoms with van der Waals surface area (Å²) in [7, 11) is 0. The van der Waals surface area contributed by atoms with E-state index in [9.17, 15) is 4.79 Å². The molecular formula is C15H31NO3. The first-order valence-corrected chi connectivity index (χ1v) is 7.68. The number of hydrogen-bond donors (Lipinski definition) is 1. The van der Waals surface area contributed by atoms with Crippen molar-refractivity contribution < 1.29 is 14.3 Å². The van der Waals surface area contributed by atoms with Gasteiger partial charge in [-0.3, -0.25) is 4.79 Å². The van der Waals surface area contributed by atoms with Crippen LogP contribution < -0.4 is 5.73 Å². The molecule has 0 saturated heterocycles. The third-order valence-corrected chi connectivity index (χ3v) is 3.16. The van der Waals surface area contributed by atoms with E-state index in [1.165, 1.54) is 0 Å². The van der Waals surface area contributed by atoms with Crippen LogP contribution in [-0.4, -0.2) is 32.3 Å². The quantitative estimate of drug-likeness (QED) is 0.414. The standard InChI is InChI=1S/C15H31NO3/c1-3-5-11-18-12-13-19-15(17)8-7-14(6-4-2)9-10-16/h14H,3-13,16H2,1-2H3. The van der Waals surface area contributed by atoms with Crippen LogP contribution in [0.4, 0.5) is 0 Å². The summed E-state index contributed by atoms with van der Waals surface area (Å²) >= 11 is 0. The SMILES string of the molecule is CCCCOCCOC(=O)CCC(CCC)CCN. The Hall–Kier alpha value is -0.610. The van der Waals surface area contributed by atoms with E-state index in [1.807, 2.05) is 0 Å². The van der Waals surface area contributed by atoms with Gasteiger partial charge >= 0.3 is 5.97 Å². The van der Waals surface area contributed by atoms with Crippen molar-refractivity contribution in [3.8, 4) is 0 Å². The average Bonchev–Trinajstić information content (AvgIpc) is 2.40. The lowest BCUT2D eigenvalue weighted by Crippen LogP contribution is -2.14. The number of esters is 1. The van der Waals surface area contributed by atoms with E-state index in [0.29, 0.717) is 32.1 Å². The second kappa shape index (κ2) is 13.8. The number of rotatable bonds is 13. The van der Waals surface area contributed by atoms with Crippen molar-refractivity contribution in [2.75, 3.05) is 26.4 Å². The van der Waals surface area contributed by atoms with Gasteiger partial charge in [-0.05, 0) is 31.7 Å². The summed E-state index contributed by atoms with van der Waals surface area (Å²) in [4.78, 5) is 11.5. The van der Waals surface area contributed by atoms with Crippen LogP contribution in [0.2, 0.25) is 0 Å². The number of carbonyl (C=O) groups excluding carboxylic acids is 1. The van der Waals surface area contributed by atoms with E-state index in [4.69, 9.17) is 15.2 Å². The molecule has 19 heavy (non-hydrogen) atoms. The van der Waals surface area contributed by atoms with Crippen molar-refractivity contribution in [2.24, 2.45) is 11.7 Å². The van der Waals surface area contributed by atoms with E-state index in [1.54, 1.807) is 0 Å². The van der Waals surface area contributed by atoms with E-state index >= 15 is 0 Å². The maximum Gasteiger partial charge on any atom is 0.305 e. The normalized spacial score (nSPS) is 12.4. The van der Waals surface area contributed by atoms with Gasteiger partial charge in [0.15, 0.2) is 0 Å². The summed E-state index contributed by atoms with van der Waals surface area (Å²) in [6, 6.07) is 0. The minimum atomic E-state index is -0.114. The smallest absolute Gasteiger partial charge is 0.305 e. The molecule has 0 aliphatic rings. The lowest BCUT2D eigenvalue weighted by Gasteiger charge is -2.14. The molecule has 0 fully saturated rings. The summed E-state index contributed by atoms with van der Waals surface area (Å²) in [6.45, 7) is 6.62. The predicted octanol–water partition coefficient (Wildman–Crippen LogP) is 2.89. The second-order valence-corrected chi connectivity index (χ2v) is 4.96. The molecule has 0 amide bonds. The highest BCUT2D eigenvalue weighted by molar-refractivity contribution is 5.69. The van der Waals surface area contributed by atoms with Crippen LogP contribution in [0.15, 0.2) is 0 Å². The van der Waals surface area contributed by atoms with Crippen molar-refractivity contribution in [3.63, 3.8) is 0 Å². The van der Waals surface area contributed by atoms with Gasteiger partial charge in [-0.25, -0.2) is 0 Å². The van der Waals surface area contributed by atoms with Gasteiger partial charge in [0.1, 0.15) is 6.61 Å². The van der Waals surface area contributed by atoms with Crippen molar-refractivity contribution >= 4 is 5.97 Å². The van der Waals surface area contributed by atoms with Crippen LogP contribution in [0, 0.1) is 5.92 Å². The number of nitrogens with two attached hydrogens (primary N) is 1. The summed E-state index contributed by atoms with van der Waals surface area (Å²) < 4.78 is 10.5. The molecule has 4 nitrogen and oxygen atoms in total. The summed E-state index contributed by atoms with van der Waals surface area (Å²) in [5, 5.41) is 0. The summed E-state index contributed by atoms with van der Waals surface area (Å²) in [5.74, 6) is 0.445. The Bertz CT molecular complexity index is 204. The van der Waals surface area contributed by atoms with Gasteiger partial charge in [0.2, 0.25) is 0 Å². The van der Waals surface area contributed by atoms with Gasteiger partial charge < -0.3 is 15.2 Å². The minimum Gasteiger partial charge on any atom is -0.463 e. The van der Waals surface area contributed by atoms with Crippen molar-refractivity contribution in [2.45, 2.75) is 58.8 Å². The van der Waals surface area contributed by atoms with E-state index < -0.39 is 0 Å². The first-order valence-electron chi connectivity index (χ1n) is 7.68. The van der Waals surface area contributed by atoms with Crippen LogP contribution in [0.5, 0.6) is 0 Å². The number of ether oxygens (including phenoxy) is 2. The highest BCUT2D eigenvalue weighted by Gasteiger charge is 2.10. The largest absolute Gasteiger partial charge is 0.463 e. The molecule has 0 spiro atoms. The zero-order valence-corrected chi connectivity index (χ0v) is 12.7. The molecule has 1 atom stereocenters. The van der Waals surface area contributed by atoms with Crippen LogP contribution >= 0.6 is 0 Å². The molecule has 0 radical (unpaired) electrons. The lowest BCUT2D eigenvalue weighted by atomic mass is 9.95. The third kappa shape index (κ3) is 12.2. The van der Waals surface area contributed by atoms with E-state index in [2.05, 4.69) is 13.8 Å². The van der Waals surface area contributed by atoms with Crippen LogP contribution in [0.1, 0.15) is 58.8 Å². The van der Waals surface area contributed by atoms with Gasteiger partial charge in [0.25, 0.3) is 0 Å². The average molecular weight is 273 g/mol. The highest BCUT2D eigenvalue weighted by atomic mass is 16.6. The van der Waals surface area contributed by atoms with Crippen molar-refractivity contribution in [1.82, 2.24) is 0 Å². The molecule has 1 unspecified atom stereocenters. The lowest BCUT2D eigenvalue weighted by molar-refractivity contribution is -0.145. The fourth-order valence-electron chi connectivity index (χ4n) is 2.03. The minimum absolute atomic E-state index is 0.114. The molecule has 2 N–H and O–H groups in total. The first kappa shape index (κ1) is 18.4. The van der Waals surface area contributed by atoms with Crippen molar-refractivity contribution in [3.05, 3.63) is 0 Å². The Kier molecular flexibility index (Phi) is 13.4. The Labute approximate surface area is 118 Å². The second-order valence-electron chi connectivity index (χ2n) is 4.96. The van der Waals surface area contributed by atoms with E-state index in [-0.39, 0.29) is 5.97 Å². The number of unbranched alkanes of at least 4 members (excludes halogenated alkanes) is 1. The van der Waals surface area contributed by atoms with Gasteiger partial charge in [0.05, 0.1) is 6.61 Å². The zero-order chi connectivity index (χ0) is 14.3. The van der Waals surface area contributed by atoms with Gasteiger partial charge in [0, 0.05) is 13.0 Å². The molecule has 0 aromatic rings. The topological polar surface area (TPSA) is 61.5 Å². The maximum absolute atomic E-state index is 11.5. The Morgan fingerprint density at radius 3 is 2.47 bits per heavy atom. The molecule has 0 aromatic carbocycles. The molecule has 0 rings (SSSR count).